The Morgan fingerprint density at radius 1 is 1.03 bits per heavy atom. The van der Waals surface area contributed by atoms with Gasteiger partial charge >= 0.3 is 0 Å². The summed E-state index contributed by atoms with van der Waals surface area (Å²) in [5.41, 5.74) is 4.55. The molecule has 1 atom stereocenters. The third-order valence-electron chi connectivity index (χ3n) is 6.24. The van der Waals surface area contributed by atoms with Gasteiger partial charge in [-0.25, -0.2) is 13.1 Å². The molecule has 1 saturated heterocycles. The van der Waals surface area contributed by atoms with Crippen LogP contribution < -0.4 is 10.6 Å². The Bertz CT molecular complexity index is 1250. The second-order valence-corrected chi connectivity index (χ2v) is 10.6. The number of nitrogens with zero attached hydrogens (tertiary/aromatic N) is 3. The zero-order valence-electron chi connectivity index (χ0n) is 19.8. The lowest BCUT2D eigenvalue weighted by molar-refractivity contribution is -0.117. The highest BCUT2D eigenvalue weighted by molar-refractivity contribution is 7.89. The van der Waals surface area contributed by atoms with Crippen molar-refractivity contribution in [3.05, 3.63) is 71.5 Å². The van der Waals surface area contributed by atoms with Crippen LogP contribution in [0.5, 0.6) is 0 Å². The molecule has 0 saturated carbocycles. The van der Waals surface area contributed by atoms with E-state index < -0.39 is 16.1 Å². The van der Waals surface area contributed by atoms with Crippen molar-refractivity contribution in [2.24, 2.45) is 0 Å². The predicted octanol–water partition coefficient (Wildman–Crippen LogP) is 3.39. The SMILES string of the molecule is Cc1nn(-c2ccccc2)c(C)c1CN[C@H](C)C(=O)Nc1ccc(S(=O)(=O)N2CCCC2)cc1. The third kappa shape index (κ3) is 5.06. The molecule has 4 rings (SSSR count). The molecule has 1 aliphatic rings. The summed E-state index contributed by atoms with van der Waals surface area (Å²) in [6, 6.07) is 15.8. The Morgan fingerprint density at radius 2 is 1.68 bits per heavy atom. The minimum absolute atomic E-state index is 0.194. The number of amides is 1. The standard InChI is InChI=1S/C25H31N5O3S/c1-18-24(20(3)30(28-18)22-9-5-4-6-10-22)17-26-19(2)25(31)27-21-11-13-23(14-12-21)34(32,33)29-15-7-8-16-29/h4-6,9-14,19,26H,7-8,15-17H2,1-3H3,(H,27,31)/t19-/m1/s1. The second kappa shape index (κ2) is 10.1. The van der Waals surface area contributed by atoms with Gasteiger partial charge in [-0.3, -0.25) is 4.79 Å². The molecule has 1 amide bonds. The number of anilines is 1. The average Bonchev–Trinajstić information content (AvgIpc) is 3.48. The fourth-order valence-corrected chi connectivity index (χ4v) is 5.65. The lowest BCUT2D eigenvalue weighted by Crippen LogP contribution is -2.37. The molecule has 0 radical (unpaired) electrons. The van der Waals surface area contributed by atoms with Crippen LogP contribution in [0.4, 0.5) is 5.69 Å². The van der Waals surface area contributed by atoms with E-state index in [2.05, 4.69) is 15.7 Å². The highest BCUT2D eigenvalue weighted by Gasteiger charge is 2.27. The van der Waals surface area contributed by atoms with Crippen LogP contribution in [-0.4, -0.2) is 47.5 Å². The topological polar surface area (TPSA) is 96.3 Å². The van der Waals surface area contributed by atoms with Crippen LogP contribution in [0, 0.1) is 13.8 Å². The minimum atomic E-state index is -3.47. The molecule has 1 aliphatic heterocycles. The van der Waals surface area contributed by atoms with E-state index in [4.69, 9.17) is 0 Å². The normalized spacial score (nSPS) is 15.4. The van der Waals surface area contributed by atoms with Crippen LogP contribution in [0.1, 0.15) is 36.7 Å². The number of rotatable bonds is 8. The smallest absolute Gasteiger partial charge is 0.243 e. The summed E-state index contributed by atoms with van der Waals surface area (Å²) < 4.78 is 28.8. The average molecular weight is 482 g/mol. The van der Waals surface area contributed by atoms with Gasteiger partial charge in [0.25, 0.3) is 0 Å². The van der Waals surface area contributed by atoms with E-state index >= 15 is 0 Å². The van der Waals surface area contributed by atoms with Crippen molar-refractivity contribution in [3.8, 4) is 5.69 Å². The lowest BCUT2D eigenvalue weighted by atomic mass is 10.1. The van der Waals surface area contributed by atoms with Crippen molar-refractivity contribution < 1.29 is 13.2 Å². The van der Waals surface area contributed by atoms with Crippen LogP contribution in [0.3, 0.4) is 0 Å². The van der Waals surface area contributed by atoms with Crippen LogP contribution in [0.15, 0.2) is 59.5 Å². The van der Waals surface area contributed by atoms with Crippen LogP contribution in [0.25, 0.3) is 5.69 Å². The van der Waals surface area contributed by atoms with Crippen molar-refractivity contribution in [2.45, 2.75) is 51.1 Å². The zero-order chi connectivity index (χ0) is 24.3. The van der Waals surface area contributed by atoms with Crippen LogP contribution in [-0.2, 0) is 21.4 Å². The van der Waals surface area contributed by atoms with Gasteiger partial charge in [0, 0.05) is 36.6 Å². The number of benzene rings is 2. The molecule has 0 bridgehead atoms. The molecule has 8 nitrogen and oxygen atoms in total. The van der Waals surface area contributed by atoms with Gasteiger partial charge < -0.3 is 10.6 Å². The van der Waals surface area contributed by atoms with E-state index in [1.54, 1.807) is 31.2 Å². The number of aryl methyl sites for hydroxylation is 1. The number of hydrogen-bond donors (Lipinski definition) is 2. The van der Waals surface area contributed by atoms with Gasteiger partial charge in [0.05, 0.1) is 22.3 Å². The maximum Gasteiger partial charge on any atom is 0.243 e. The highest BCUT2D eigenvalue weighted by atomic mass is 32.2. The van der Waals surface area contributed by atoms with Gasteiger partial charge in [0.15, 0.2) is 0 Å². The molecule has 2 aromatic carbocycles. The summed E-state index contributed by atoms with van der Waals surface area (Å²) in [5.74, 6) is -0.194. The van der Waals surface area contributed by atoms with Gasteiger partial charge in [0.2, 0.25) is 15.9 Å². The van der Waals surface area contributed by atoms with Gasteiger partial charge in [-0.05, 0) is 70.0 Å². The Kier molecular flexibility index (Phi) is 7.16. The first-order chi connectivity index (χ1) is 16.3. The molecule has 9 heteroatoms. The molecule has 0 aliphatic carbocycles. The van der Waals surface area contributed by atoms with Crippen molar-refractivity contribution in [1.29, 1.82) is 0 Å². The third-order valence-corrected chi connectivity index (χ3v) is 8.16. The molecule has 180 valence electrons. The first-order valence-corrected chi connectivity index (χ1v) is 13.0. The van der Waals surface area contributed by atoms with Crippen molar-refractivity contribution in [1.82, 2.24) is 19.4 Å². The maximum atomic E-state index is 12.7. The molecule has 0 unspecified atom stereocenters. The number of para-hydroxylation sites is 1. The van der Waals surface area contributed by atoms with E-state index in [1.165, 1.54) is 4.31 Å². The molecule has 0 spiro atoms. The van der Waals surface area contributed by atoms with E-state index in [0.717, 1.165) is 35.5 Å². The quantitative estimate of drug-likeness (QED) is 0.514. The number of nitrogens with one attached hydrogen (secondary N) is 2. The zero-order valence-corrected chi connectivity index (χ0v) is 20.6. The van der Waals surface area contributed by atoms with Gasteiger partial charge in [0.1, 0.15) is 0 Å². The first kappa shape index (κ1) is 24.1. The molecule has 2 heterocycles. The second-order valence-electron chi connectivity index (χ2n) is 8.62. The summed E-state index contributed by atoms with van der Waals surface area (Å²) in [4.78, 5) is 13.0. The van der Waals surface area contributed by atoms with E-state index in [1.807, 2.05) is 48.9 Å². The number of carbonyl (C=O) groups excluding carboxylic acids is 1. The first-order valence-electron chi connectivity index (χ1n) is 11.5. The Morgan fingerprint density at radius 3 is 2.32 bits per heavy atom. The van der Waals surface area contributed by atoms with Crippen LogP contribution >= 0.6 is 0 Å². The largest absolute Gasteiger partial charge is 0.325 e. The van der Waals surface area contributed by atoms with E-state index in [0.29, 0.717) is 25.3 Å². The van der Waals surface area contributed by atoms with E-state index in [-0.39, 0.29) is 10.8 Å². The fourth-order valence-electron chi connectivity index (χ4n) is 4.14. The summed E-state index contributed by atoms with van der Waals surface area (Å²) in [6.45, 7) is 7.42. The minimum Gasteiger partial charge on any atom is -0.325 e. The monoisotopic (exact) mass is 481 g/mol. The number of carbonyl (C=O) groups is 1. The van der Waals surface area contributed by atoms with Crippen LogP contribution in [0.2, 0.25) is 0 Å². The number of hydrogen-bond acceptors (Lipinski definition) is 5. The van der Waals surface area contributed by atoms with E-state index in [9.17, 15) is 13.2 Å². The molecule has 1 aromatic heterocycles. The Balaban J connectivity index is 1.36. The summed E-state index contributed by atoms with van der Waals surface area (Å²) in [5, 5.41) is 10.8. The molecule has 2 N–H and O–H groups in total. The van der Waals surface area contributed by atoms with Crippen molar-refractivity contribution in [2.75, 3.05) is 18.4 Å². The molecule has 34 heavy (non-hydrogen) atoms. The molecule has 3 aromatic rings. The number of aromatic nitrogens is 2. The maximum absolute atomic E-state index is 12.7. The summed E-state index contributed by atoms with van der Waals surface area (Å²) in [6.07, 6.45) is 1.79. The Hall–Kier alpha value is -3.01. The molecular weight excluding hydrogens is 450 g/mol. The molecule has 1 fully saturated rings. The number of sulfonamides is 1. The highest BCUT2D eigenvalue weighted by Crippen LogP contribution is 2.22. The molecular formula is C25H31N5O3S. The van der Waals surface area contributed by atoms with Gasteiger partial charge in [-0.1, -0.05) is 18.2 Å². The lowest BCUT2D eigenvalue weighted by Gasteiger charge is -2.17. The summed E-state index contributed by atoms with van der Waals surface area (Å²) >= 11 is 0. The van der Waals surface area contributed by atoms with Gasteiger partial charge in [-0.2, -0.15) is 9.40 Å². The van der Waals surface area contributed by atoms with Gasteiger partial charge in [-0.15, -0.1) is 0 Å². The van der Waals surface area contributed by atoms with Crippen molar-refractivity contribution in [3.63, 3.8) is 0 Å². The van der Waals surface area contributed by atoms with Crippen molar-refractivity contribution >= 4 is 21.6 Å². The fraction of sp³-hybridized carbons (Fsp3) is 0.360. The predicted molar refractivity (Wildman–Crippen MR) is 132 cm³/mol. The Labute approximate surface area is 201 Å². The summed E-state index contributed by atoms with van der Waals surface area (Å²) in [7, 11) is -3.47.